The maximum atomic E-state index is 11.4. The number of ether oxygens (including phenoxy) is 2. The zero-order valence-corrected chi connectivity index (χ0v) is 9.50. The monoisotopic (exact) mass is 200 g/mol. The van der Waals surface area contributed by atoms with Gasteiger partial charge in [0.15, 0.2) is 0 Å². The Morgan fingerprint density at radius 2 is 2.07 bits per heavy atom. The van der Waals surface area contributed by atoms with E-state index in [1.165, 1.54) is 7.11 Å². The lowest BCUT2D eigenvalue weighted by molar-refractivity contribution is -0.143. The van der Waals surface area contributed by atoms with E-state index in [1.807, 2.05) is 0 Å². The van der Waals surface area contributed by atoms with Crippen LogP contribution in [0.4, 0.5) is 0 Å². The summed E-state index contributed by atoms with van der Waals surface area (Å²) in [5.74, 6) is 0.269. The van der Waals surface area contributed by atoms with E-state index < -0.39 is 0 Å². The van der Waals surface area contributed by atoms with Gasteiger partial charge in [-0.15, -0.1) is 0 Å². The SMILES string of the molecule is CCCOCC1C(C(=O)OC)C1(C)C. The molecule has 0 aromatic heterocycles. The average molecular weight is 200 g/mol. The van der Waals surface area contributed by atoms with Crippen molar-refractivity contribution < 1.29 is 14.3 Å². The molecule has 1 rings (SSSR count). The predicted octanol–water partition coefficient (Wildman–Crippen LogP) is 1.86. The number of carbonyl (C=O) groups excluding carboxylic acids is 1. The first-order valence-corrected chi connectivity index (χ1v) is 5.21. The topological polar surface area (TPSA) is 35.5 Å². The van der Waals surface area contributed by atoms with Gasteiger partial charge in [0.2, 0.25) is 0 Å². The van der Waals surface area contributed by atoms with Crippen molar-refractivity contribution in [2.75, 3.05) is 20.3 Å². The summed E-state index contributed by atoms with van der Waals surface area (Å²) in [5, 5.41) is 0. The minimum atomic E-state index is -0.0971. The largest absolute Gasteiger partial charge is 0.469 e. The second kappa shape index (κ2) is 4.30. The van der Waals surface area contributed by atoms with Crippen LogP contribution in [0.25, 0.3) is 0 Å². The summed E-state index contributed by atoms with van der Waals surface area (Å²) in [6.07, 6.45) is 1.02. The molecule has 0 aromatic rings. The Morgan fingerprint density at radius 1 is 1.43 bits per heavy atom. The van der Waals surface area contributed by atoms with Crippen LogP contribution in [0, 0.1) is 17.3 Å². The highest BCUT2D eigenvalue weighted by molar-refractivity contribution is 5.77. The summed E-state index contributed by atoms with van der Waals surface area (Å²) in [7, 11) is 1.45. The summed E-state index contributed by atoms with van der Waals surface area (Å²) in [6.45, 7) is 7.72. The quantitative estimate of drug-likeness (QED) is 0.502. The van der Waals surface area contributed by atoms with Gasteiger partial charge in [-0.1, -0.05) is 20.8 Å². The molecule has 2 atom stereocenters. The standard InChI is InChI=1S/C11H20O3/c1-5-6-14-7-8-9(10(12)13-4)11(8,2)3/h8-9H,5-7H2,1-4H3. The van der Waals surface area contributed by atoms with Crippen molar-refractivity contribution in [1.82, 2.24) is 0 Å². The lowest BCUT2D eigenvalue weighted by Crippen LogP contribution is -2.08. The van der Waals surface area contributed by atoms with Crippen LogP contribution in [0.15, 0.2) is 0 Å². The van der Waals surface area contributed by atoms with Gasteiger partial charge in [0, 0.05) is 12.5 Å². The van der Waals surface area contributed by atoms with Gasteiger partial charge in [0.05, 0.1) is 19.6 Å². The molecule has 0 saturated heterocycles. The van der Waals surface area contributed by atoms with Crippen molar-refractivity contribution in [3.8, 4) is 0 Å². The molecular formula is C11H20O3. The minimum Gasteiger partial charge on any atom is -0.469 e. The fourth-order valence-electron chi connectivity index (χ4n) is 2.00. The van der Waals surface area contributed by atoms with E-state index in [1.54, 1.807) is 0 Å². The molecule has 2 unspecified atom stereocenters. The Balaban J connectivity index is 2.37. The molecule has 0 amide bonds. The van der Waals surface area contributed by atoms with Crippen LogP contribution in [0.2, 0.25) is 0 Å². The first kappa shape index (κ1) is 11.5. The average Bonchev–Trinajstić information content (AvgIpc) is 2.68. The molecule has 1 fully saturated rings. The highest BCUT2D eigenvalue weighted by Gasteiger charge is 2.62. The Hall–Kier alpha value is -0.570. The number of methoxy groups -OCH3 is 1. The van der Waals surface area contributed by atoms with Crippen LogP contribution in [0.1, 0.15) is 27.2 Å². The fourth-order valence-corrected chi connectivity index (χ4v) is 2.00. The molecule has 3 heteroatoms. The second-order valence-electron chi connectivity index (χ2n) is 4.50. The first-order valence-electron chi connectivity index (χ1n) is 5.21. The molecule has 0 aliphatic heterocycles. The summed E-state index contributed by atoms with van der Waals surface area (Å²) in [5.41, 5.74) is 0.0564. The number of hydrogen-bond acceptors (Lipinski definition) is 3. The summed E-state index contributed by atoms with van der Waals surface area (Å²) < 4.78 is 10.2. The Morgan fingerprint density at radius 3 is 2.57 bits per heavy atom. The summed E-state index contributed by atoms with van der Waals surface area (Å²) in [4.78, 5) is 11.4. The molecule has 0 radical (unpaired) electrons. The van der Waals surface area contributed by atoms with E-state index in [0.717, 1.165) is 13.0 Å². The Kier molecular flexibility index (Phi) is 3.53. The van der Waals surface area contributed by atoms with E-state index in [9.17, 15) is 4.79 Å². The zero-order chi connectivity index (χ0) is 10.8. The van der Waals surface area contributed by atoms with Crippen molar-refractivity contribution in [2.45, 2.75) is 27.2 Å². The summed E-state index contributed by atoms with van der Waals surface area (Å²) >= 11 is 0. The second-order valence-corrected chi connectivity index (χ2v) is 4.50. The van der Waals surface area contributed by atoms with Crippen LogP contribution in [0.5, 0.6) is 0 Å². The Bertz CT molecular complexity index is 211. The number of carbonyl (C=O) groups is 1. The number of rotatable bonds is 5. The third-order valence-corrected chi connectivity index (χ3v) is 3.15. The third-order valence-electron chi connectivity index (χ3n) is 3.15. The van der Waals surface area contributed by atoms with Crippen LogP contribution < -0.4 is 0 Å². The number of hydrogen-bond donors (Lipinski definition) is 0. The molecule has 1 aliphatic rings. The highest BCUT2D eigenvalue weighted by Crippen LogP contribution is 2.58. The van der Waals surface area contributed by atoms with E-state index >= 15 is 0 Å². The maximum Gasteiger partial charge on any atom is 0.309 e. The maximum absolute atomic E-state index is 11.4. The fraction of sp³-hybridized carbons (Fsp3) is 0.909. The predicted molar refractivity (Wildman–Crippen MR) is 53.9 cm³/mol. The smallest absolute Gasteiger partial charge is 0.309 e. The molecule has 0 bridgehead atoms. The lowest BCUT2D eigenvalue weighted by atomic mass is 10.1. The van der Waals surface area contributed by atoms with Crippen LogP contribution in [-0.2, 0) is 14.3 Å². The Labute approximate surface area is 85.8 Å². The molecule has 14 heavy (non-hydrogen) atoms. The van der Waals surface area contributed by atoms with Gasteiger partial charge >= 0.3 is 5.97 Å². The molecule has 3 nitrogen and oxygen atoms in total. The van der Waals surface area contributed by atoms with E-state index in [0.29, 0.717) is 12.5 Å². The zero-order valence-electron chi connectivity index (χ0n) is 9.50. The van der Waals surface area contributed by atoms with Gasteiger partial charge in [-0.05, 0) is 11.8 Å². The first-order chi connectivity index (χ1) is 6.55. The molecule has 1 saturated carbocycles. The van der Waals surface area contributed by atoms with E-state index in [-0.39, 0.29) is 17.3 Å². The molecule has 82 valence electrons. The molecule has 0 heterocycles. The van der Waals surface area contributed by atoms with Crippen LogP contribution in [0.3, 0.4) is 0 Å². The minimum absolute atomic E-state index is 0.0318. The van der Waals surface area contributed by atoms with Gasteiger partial charge in [-0.25, -0.2) is 0 Å². The van der Waals surface area contributed by atoms with Crippen molar-refractivity contribution in [1.29, 1.82) is 0 Å². The third kappa shape index (κ3) is 2.08. The normalized spacial score (nSPS) is 28.6. The van der Waals surface area contributed by atoms with Crippen LogP contribution in [-0.4, -0.2) is 26.3 Å². The summed E-state index contributed by atoms with van der Waals surface area (Å²) in [6, 6.07) is 0. The highest BCUT2D eigenvalue weighted by atomic mass is 16.5. The molecule has 1 aliphatic carbocycles. The van der Waals surface area contributed by atoms with Gasteiger partial charge in [0.25, 0.3) is 0 Å². The molecular weight excluding hydrogens is 180 g/mol. The molecule has 0 spiro atoms. The van der Waals surface area contributed by atoms with E-state index in [4.69, 9.17) is 9.47 Å². The van der Waals surface area contributed by atoms with Crippen molar-refractivity contribution in [3.05, 3.63) is 0 Å². The van der Waals surface area contributed by atoms with Crippen molar-refractivity contribution >= 4 is 5.97 Å². The number of esters is 1. The molecule has 0 N–H and O–H groups in total. The molecule has 0 aromatic carbocycles. The van der Waals surface area contributed by atoms with Gasteiger partial charge in [0.1, 0.15) is 0 Å². The van der Waals surface area contributed by atoms with Gasteiger partial charge in [-0.2, -0.15) is 0 Å². The van der Waals surface area contributed by atoms with Crippen molar-refractivity contribution in [2.24, 2.45) is 17.3 Å². The van der Waals surface area contributed by atoms with Crippen molar-refractivity contribution in [3.63, 3.8) is 0 Å². The van der Waals surface area contributed by atoms with Gasteiger partial charge < -0.3 is 9.47 Å². The lowest BCUT2D eigenvalue weighted by Gasteiger charge is -2.02. The van der Waals surface area contributed by atoms with E-state index in [2.05, 4.69) is 20.8 Å². The van der Waals surface area contributed by atoms with Crippen LogP contribution >= 0.6 is 0 Å². The van der Waals surface area contributed by atoms with Gasteiger partial charge in [-0.3, -0.25) is 4.79 Å².